The van der Waals surface area contributed by atoms with Crippen molar-refractivity contribution in [2.24, 2.45) is 0 Å². The molecule has 2 heterocycles. The zero-order valence-corrected chi connectivity index (χ0v) is 11.1. The van der Waals surface area contributed by atoms with E-state index in [4.69, 9.17) is 5.73 Å². The highest BCUT2D eigenvalue weighted by Gasteiger charge is 2.36. The second-order valence-electron chi connectivity index (χ2n) is 4.60. The SMILES string of the molecule is CCC1C(=O)NC(=O)CN1c1cc(C(F)(F)F)cc(N)n1. The van der Waals surface area contributed by atoms with Crippen LogP contribution < -0.4 is 16.0 Å². The van der Waals surface area contributed by atoms with E-state index in [2.05, 4.69) is 10.3 Å². The molecule has 1 fully saturated rings. The van der Waals surface area contributed by atoms with Gasteiger partial charge >= 0.3 is 6.18 Å². The minimum Gasteiger partial charge on any atom is -0.384 e. The summed E-state index contributed by atoms with van der Waals surface area (Å²) in [4.78, 5) is 28.2. The maximum absolute atomic E-state index is 12.8. The lowest BCUT2D eigenvalue weighted by Crippen LogP contribution is -2.58. The fourth-order valence-corrected chi connectivity index (χ4v) is 2.16. The largest absolute Gasteiger partial charge is 0.416 e. The molecule has 1 aliphatic rings. The van der Waals surface area contributed by atoms with Crippen molar-refractivity contribution in [1.82, 2.24) is 10.3 Å². The molecule has 0 aromatic carbocycles. The summed E-state index contributed by atoms with van der Waals surface area (Å²) in [6, 6.07) is 0.722. The first kappa shape index (κ1) is 15.1. The molecule has 1 saturated heterocycles. The van der Waals surface area contributed by atoms with E-state index in [0.717, 1.165) is 6.07 Å². The topological polar surface area (TPSA) is 88.3 Å². The van der Waals surface area contributed by atoms with E-state index in [1.165, 1.54) is 4.90 Å². The second-order valence-corrected chi connectivity index (χ2v) is 4.60. The van der Waals surface area contributed by atoms with Crippen LogP contribution in [0.1, 0.15) is 18.9 Å². The third-order valence-corrected chi connectivity index (χ3v) is 3.10. The number of nitrogens with zero attached hydrogens (tertiary/aromatic N) is 2. The van der Waals surface area contributed by atoms with Gasteiger partial charge in [0.05, 0.1) is 12.1 Å². The van der Waals surface area contributed by atoms with Gasteiger partial charge < -0.3 is 10.6 Å². The molecular weight excluding hydrogens is 289 g/mol. The average molecular weight is 302 g/mol. The fourth-order valence-electron chi connectivity index (χ4n) is 2.16. The van der Waals surface area contributed by atoms with Gasteiger partial charge in [0.15, 0.2) is 0 Å². The van der Waals surface area contributed by atoms with Crippen LogP contribution in [0.5, 0.6) is 0 Å². The lowest BCUT2D eigenvalue weighted by atomic mass is 10.1. The van der Waals surface area contributed by atoms with Gasteiger partial charge in [-0.25, -0.2) is 4.98 Å². The molecule has 1 atom stereocenters. The molecule has 1 aliphatic heterocycles. The lowest BCUT2D eigenvalue weighted by Gasteiger charge is -2.34. The summed E-state index contributed by atoms with van der Waals surface area (Å²) in [6.45, 7) is 1.43. The Morgan fingerprint density at radius 2 is 2.10 bits per heavy atom. The predicted octanol–water partition coefficient (Wildman–Crippen LogP) is 0.924. The van der Waals surface area contributed by atoms with Crippen molar-refractivity contribution in [3.63, 3.8) is 0 Å². The van der Waals surface area contributed by atoms with Crippen LogP contribution in [0.15, 0.2) is 12.1 Å². The van der Waals surface area contributed by atoms with Crippen LogP contribution in [0.4, 0.5) is 24.8 Å². The number of amides is 2. The van der Waals surface area contributed by atoms with Gasteiger partial charge in [0.2, 0.25) is 11.8 Å². The van der Waals surface area contributed by atoms with Crippen molar-refractivity contribution in [3.8, 4) is 0 Å². The molecule has 0 radical (unpaired) electrons. The van der Waals surface area contributed by atoms with Crippen LogP contribution in [0, 0.1) is 0 Å². The Hall–Kier alpha value is -2.32. The third kappa shape index (κ3) is 3.06. The van der Waals surface area contributed by atoms with Crippen molar-refractivity contribution in [2.45, 2.75) is 25.6 Å². The number of carbonyl (C=O) groups excluding carboxylic acids is 2. The smallest absolute Gasteiger partial charge is 0.384 e. The number of hydrogen-bond acceptors (Lipinski definition) is 5. The molecule has 9 heteroatoms. The molecule has 2 rings (SSSR count). The maximum atomic E-state index is 12.8. The van der Waals surface area contributed by atoms with Gasteiger partial charge in [-0.2, -0.15) is 13.2 Å². The Morgan fingerprint density at radius 3 is 2.67 bits per heavy atom. The number of alkyl halides is 3. The Labute approximate surface area is 118 Å². The van der Waals surface area contributed by atoms with Gasteiger partial charge in [-0.15, -0.1) is 0 Å². The average Bonchev–Trinajstić information content (AvgIpc) is 2.36. The number of nitrogens with two attached hydrogens (primary N) is 1. The number of anilines is 2. The number of halogens is 3. The van der Waals surface area contributed by atoms with E-state index in [1.54, 1.807) is 6.92 Å². The first-order valence-corrected chi connectivity index (χ1v) is 6.17. The minimum atomic E-state index is -4.59. The maximum Gasteiger partial charge on any atom is 0.416 e. The first-order chi connectivity index (χ1) is 9.72. The highest BCUT2D eigenvalue weighted by Crippen LogP contribution is 2.33. The van der Waals surface area contributed by atoms with E-state index in [9.17, 15) is 22.8 Å². The van der Waals surface area contributed by atoms with Crippen molar-refractivity contribution >= 4 is 23.5 Å². The molecule has 0 aliphatic carbocycles. The van der Waals surface area contributed by atoms with Gasteiger partial charge in [0.1, 0.15) is 17.7 Å². The van der Waals surface area contributed by atoms with Crippen molar-refractivity contribution in [1.29, 1.82) is 0 Å². The van der Waals surface area contributed by atoms with Crippen molar-refractivity contribution in [2.75, 3.05) is 17.2 Å². The van der Waals surface area contributed by atoms with Gasteiger partial charge in [-0.05, 0) is 18.6 Å². The molecule has 21 heavy (non-hydrogen) atoms. The van der Waals surface area contributed by atoms with Crippen LogP contribution in [-0.4, -0.2) is 29.4 Å². The summed E-state index contributed by atoms with van der Waals surface area (Å²) >= 11 is 0. The summed E-state index contributed by atoms with van der Waals surface area (Å²) in [6.07, 6.45) is -4.27. The fraction of sp³-hybridized carbons (Fsp3) is 0.417. The number of pyridine rings is 1. The summed E-state index contributed by atoms with van der Waals surface area (Å²) in [5, 5.41) is 2.14. The second kappa shape index (κ2) is 5.23. The first-order valence-electron chi connectivity index (χ1n) is 6.17. The summed E-state index contributed by atoms with van der Waals surface area (Å²) in [5.74, 6) is -1.63. The quantitative estimate of drug-likeness (QED) is 0.793. The third-order valence-electron chi connectivity index (χ3n) is 3.10. The molecule has 1 aromatic rings. The normalized spacial score (nSPS) is 19.6. The molecule has 0 spiro atoms. The van der Waals surface area contributed by atoms with Gasteiger partial charge in [0, 0.05) is 0 Å². The Kier molecular flexibility index (Phi) is 3.75. The van der Waals surface area contributed by atoms with E-state index in [0.29, 0.717) is 12.5 Å². The number of nitrogens with one attached hydrogen (secondary N) is 1. The predicted molar refractivity (Wildman–Crippen MR) is 68.2 cm³/mol. The van der Waals surface area contributed by atoms with Crippen LogP contribution in [0.25, 0.3) is 0 Å². The zero-order valence-electron chi connectivity index (χ0n) is 11.1. The van der Waals surface area contributed by atoms with Crippen LogP contribution in [0.2, 0.25) is 0 Å². The van der Waals surface area contributed by atoms with E-state index in [-0.39, 0.29) is 18.2 Å². The molecule has 1 unspecified atom stereocenters. The molecule has 2 amide bonds. The molecular formula is C12H13F3N4O2. The molecule has 114 valence electrons. The van der Waals surface area contributed by atoms with Gasteiger partial charge in [-0.3, -0.25) is 14.9 Å². The Morgan fingerprint density at radius 1 is 1.43 bits per heavy atom. The molecule has 1 aromatic heterocycles. The molecule has 0 bridgehead atoms. The summed E-state index contributed by atoms with van der Waals surface area (Å²) < 4.78 is 38.4. The monoisotopic (exact) mass is 302 g/mol. The van der Waals surface area contributed by atoms with Crippen LogP contribution >= 0.6 is 0 Å². The van der Waals surface area contributed by atoms with E-state index < -0.39 is 29.6 Å². The molecule has 3 N–H and O–H groups in total. The summed E-state index contributed by atoms with van der Waals surface area (Å²) in [5.41, 5.74) is 4.42. The van der Waals surface area contributed by atoms with Crippen molar-refractivity contribution < 1.29 is 22.8 Å². The van der Waals surface area contributed by atoms with Crippen molar-refractivity contribution in [3.05, 3.63) is 17.7 Å². The van der Waals surface area contributed by atoms with Gasteiger partial charge in [0.25, 0.3) is 0 Å². The number of rotatable bonds is 2. The molecule has 6 nitrogen and oxygen atoms in total. The number of aromatic nitrogens is 1. The van der Waals surface area contributed by atoms with E-state index >= 15 is 0 Å². The lowest BCUT2D eigenvalue weighted by molar-refractivity contribution is -0.137. The van der Waals surface area contributed by atoms with Crippen LogP contribution in [-0.2, 0) is 15.8 Å². The van der Waals surface area contributed by atoms with Gasteiger partial charge in [-0.1, -0.05) is 6.92 Å². The minimum absolute atomic E-state index is 0.141. The Bertz CT molecular complexity index is 588. The Balaban J connectivity index is 2.46. The standard InChI is InChI=1S/C12H13F3N4O2/c1-2-7-11(21)18-10(20)5-19(7)9-4-6(12(13,14)15)3-8(16)17-9/h3-4,7H,2,5H2,1H3,(H2,16,17)(H,18,20,21). The number of piperazine rings is 1. The summed E-state index contributed by atoms with van der Waals surface area (Å²) in [7, 11) is 0. The number of hydrogen-bond donors (Lipinski definition) is 2. The number of imide groups is 1. The highest BCUT2D eigenvalue weighted by atomic mass is 19.4. The highest BCUT2D eigenvalue weighted by molar-refractivity contribution is 6.04. The van der Waals surface area contributed by atoms with Crippen LogP contribution in [0.3, 0.4) is 0 Å². The van der Waals surface area contributed by atoms with E-state index in [1.807, 2.05) is 0 Å². The number of carbonyl (C=O) groups is 2. The zero-order chi connectivity index (χ0) is 15.8. The molecule has 0 saturated carbocycles. The number of nitrogen functional groups attached to an aromatic ring is 1.